The molecule has 0 aromatic heterocycles. The molecule has 1 N–H and O–H groups in total. The molecule has 0 amide bonds. The van der Waals surface area contributed by atoms with Crippen molar-refractivity contribution in [1.82, 2.24) is 4.72 Å². The van der Waals surface area contributed by atoms with E-state index in [0.29, 0.717) is 15.6 Å². The van der Waals surface area contributed by atoms with Gasteiger partial charge in [0.25, 0.3) is 0 Å². The predicted molar refractivity (Wildman–Crippen MR) is 103 cm³/mol. The number of halogens is 2. The van der Waals surface area contributed by atoms with E-state index in [0.717, 1.165) is 11.0 Å². The van der Waals surface area contributed by atoms with E-state index in [1.807, 2.05) is 6.07 Å². The molecule has 0 heterocycles. The van der Waals surface area contributed by atoms with Crippen molar-refractivity contribution in [2.45, 2.75) is 19.6 Å². The average Bonchev–Trinajstić information content (AvgIpc) is 2.60. The summed E-state index contributed by atoms with van der Waals surface area (Å²) in [5.74, 6) is -0.738. The van der Waals surface area contributed by atoms with E-state index in [4.69, 9.17) is 27.9 Å². The summed E-state index contributed by atoms with van der Waals surface area (Å²) >= 11 is 12.0. The SMILES string of the molecule is C[C@H](NS(=O)(=O)/C=C/c1ccccc1)C(=O)OCc1c(Cl)cccc1Cl. The topological polar surface area (TPSA) is 72.5 Å². The van der Waals surface area contributed by atoms with E-state index in [1.54, 1.807) is 42.5 Å². The Morgan fingerprint density at radius 1 is 1.12 bits per heavy atom. The summed E-state index contributed by atoms with van der Waals surface area (Å²) in [6.07, 6.45) is 1.43. The number of ether oxygens (including phenoxy) is 1. The Morgan fingerprint density at radius 3 is 2.35 bits per heavy atom. The van der Waals surface area contributed by atoms with Gasteiger partial charge >= 0.3 is 5.97 Å². The fraction of sp³-hybridized carbons (Fsp3) is 0.167. The van der Waals surface area contributed by atoms with Gasteiger partial charge in [0.15, 0.2) is 0 Å². The van der Waals surface area contributed by atoms with Gasteiger partial charge in [-0.2, -0.15) is 4.72 Å². The van der Waals surface area contributed by atoms with E-state index >= 15 is 0 Å². The number of nitrogens with one attached hydrogen (secondary N) is 1. The Morgan fingerprint density at radius 2 is 1.73 bits per heavy atom. The molecule has 0 spiro atoms. The lowest BCUT2D eigenvalue weighted by atomic mass is 10.2. The molecule has 5 nitrogen and oxygen atoms in total. The zero-order valence-corrected chi connectivity index (χ0v) is 16.2. The third-order valence-electron chi connectivity index (χ3n) is 3.35. The minimum atomic E-state index is -3.81. The van der Waals surface area contributed by atoms with Gasteiger partial charge in [-0.3, -0.25) is 4.79 Å². The summed E-state index contributed by atoms with van der Waals surface area (Å²) in [5, 5.41) is 1.73. The van der Waals surface area contributed by atoms with Crippen LogP contribution < -0.4 is 4.72 Å². The Kier molecular flexibility index (Phi) is 7.23. The lowest BCUT2D eigenvalue weighted by Crippen LogP contribution is -2.38. The highest BCUT2D eigenvalue weighted by Crippen LogP contribution is 2.25. The summed E-state index contributed by atoms with van der Waals surface area (Å²) in [5.41, 5.74) is 1.18. The van der Waals surface area contributed by atoms with Gasteiger partial charge < -0.3 is 4.74 Å². The van der Waals surface area contributed by atoms with Crippen molar-refractivity contribution in [1.29, 1.82) is 0 Å². The van der Waals surface area contributed by atoms with Crippen LogP contribution in [0, 0.1) is 0 Å². The molecule has 8 heteroatoms. The van der Waals surface area contributed by atoms with Crippen LogP contribution in [0.5, 0.6) is 0 Å². The van der Waals surface area contributed by atoms with Gasteiger partial charge in [0.1, 0.15) is 12.6 Å². The number of esters is 1. The van der Waals surface area contributed by atoms with Gasteiger partial charge in [-0.05, 0) is 30.7 Å². The third kappa shape index (κ3) is 6.14. The Labute approximate surface area is 162 Å². The van der Waals surface area contributed by atoms with Crippen molar-refractivity contribution < 1.29 is 17.9 Å². The standard InChI is InChI=1S/C18H17Cl2NO4S/c1-13(18(22)25-12-15-16(19)8-5-9-17(15)20)21-26(23,24)11-10-14-6-3-2-4-7-14/h2-11,13,21H,12H2,1H3/b11-10+/t13-/m0/s1. The van der Waals surface area contributed by atoms with Gasteiger partial charge in [0.05, 0.1) is 0 Å². The molecule has 0 saturated heterocycles. The lowest BCUT2D eigenvalue weighted by Gasteiger charge is -2.13. The number of hydrogen-bond acceptors (Lipinski definition) is 4. The number of rotatable bonds is 7. The maximum atomic E-state index is 12.1. The van der Waals surface area contributed by atoms with Gasteiger partial charge in [-0.15, -0.1) is 0 Å². The molecule has 0 aliphatic heterocycles. The fourth-order valence-corrected chi connectivity index (χ4v) is 3.52. The van der Waals surface area contributed by atoms with E-state index < -0.39 is 22.0 Å². The van der Waals surface area contributed by atoms with Gasteiger partial charge in [-0.1, -0.05) is 59.6 Å². The molecule has 138 valence electrons. The molecule has 0 saturated carbocycles. The van der Waals surface area contributed by atoms with Crippen LogP contribution >= 0.6 is 23.2 Å². The number of sulfonamides is 1. The van der Waals surface area contributed by atoms with Gasteiger partial charge in [0, 0.05) is 21.0 Å². The van der Waals surface area contributed by atoms with Crippen LogP contribution in [0.15, 0.2) is 53.9 Å². The van der Waals surface area contributed by atoms with Crippen LogP contribution in [0.1, 0.15) is 18.1 Å². The molecular formula is C18H17Cl2NO4S. The molecule has 0 radical (unpaired) electrons. The highest BCUT2D eigenvalue weighted by Gasteiger charge is 2.20. The average molecular weight is 414 g/mol. The fourth-order valence-electron chi connectivity index (χ4n) is 2.00. The molecule has 2 aromatic carbocycles. The zero-order valence-electron chi connectivity index (χ0n) is 13.9. The molecule has 0 bridgehead atoms. The first-order valence-electron chi connectivity index (χ1n) is 7.63. The Balaban J connectivity index is 1.94. The summed E-state index contributed by atoms with van der Waals surface area (Å²) in [6, 6.07) is 12.8. The molecule has 0 unspecified atom stereocenters. The van der Waals surface area contributed by atoms with E-state index in [1.165, 1.54) is 13.0 Å². The predicted octanol–water partition coefficient (Wildman–Crippen LogP) is 4.02. The van der Waals surface area contributed by atoms with Crippen LogP contribution in [0.25, 0.3) is 6.08 Å². The number of carbonyl (C=O) groups excluding carboxylic acids is 1. The second kappa shape index (κ2) is 9.19. The highest BCUT2D eigenvalue weighted by atomic mass is 35.5. The first-order chi connectivity index (χ1) is 12.3. The molecular weight excluding hydrogens is 397 g/mol. The number of hydrogen-bond donors (Lipinski definition) is 1. The van der Waals surface area contributed by atoms with Crippen molar-refractivity contribution in [3.05, 3.63) is 75.1 Å². The maximum Gasteiger partial charge on any atom is 0.324 e. The minimum absolute atomic E-state index is 0.150. The summed E-state index contributed by atoms with van der Waals surface area (Å²) < 4.78 is 31.4. The molecule has 0 aliphatic rings. The molecule has 1 atom stereocenters. The van der Waals surface area contributed by atoms with Gasteiger partial charge in [0.2, 0.25) is 10.0 Å². The largest absolute Gasteiger partial charge is 0.460 e. The Bertz CT molecular complexity index is 878. The zero-order chi connectivity index (χ0) is 19.2. The second-order valence-corrected chi connectivity index (χ2v) is 7.82. The maximum absolute atomic E-state index is 12.1. The lowest BCUT2D eigenvalue weighted by molar-refractivity contribution is -0.146. The van der Waals surface area contributed by atoms with Gasteiger partial charge in [-0.25, -0.2) is 8.42 Å². The number of carbonyl (C=O) groups is 1. The molecule has 0 aliphatic carbocycles. The first-order valence-corrected chi connectivity index (χ1v) is 9.94. The molecule has 0 fully saturated rings. The summed E-state index contributed by atoms with van der Waals surface area (Å²) in [7, 11) is -3.81. The summed E-state index contributed by atoms with van der Waals surface area (Å²) in [4.78, 5) is 12.0. The van der Waals surface area contributed by atoms with Crippen LogP contribution in [0.3, 0.4) is 0 Å². The first kappa shape index (κ1) is 20.5. The monoisotopic (exact) mass is 413 g/mol. The van der Waals surface area contributed by atoms with Crippen LogP contribution in [-0.4, -0.2) is 20.4 Å². The molecule has 26 heavy (non-hydrogen) atoms. The van der Waals surface area contributed by atoms with Crippen molar-refractivity contribution in [3.63, 3.8) is 0 Å². The third-order valence-corrected chi connectivity index (χ3v) is 5.24. The van der Waals surface area contributed by atoms with E-state index in [-0.39, 0.29) is 6.61 Å². The number of benzene rings is 2. The highest BCUT2D eigenvalue weighted by molar-refractivity contribution is 7.92. The van der Waals surface area contributed by atoms with Crippen molar-refractivity contribution in [2.75, 3.05) is 0 Å². The van der Waals surface area contributed by atoms with E-state index in [9.17, 15) is 13.2 Å². The van der Waals surface area contributed by atoms with E-state index in [2.05, 4.69) is 4.72 Å². The smallest absolute Gasteiger partial charge is 0.324 e. The van der Waals surface area contributed by atoms with Crippen molar-refractivity contribution in [3.8, 4) is 0 Å². The van der Waals surface area contributed by atoms with Crippen molar-refractivity contribution >= 4 is 45.3 Å². The molecule has 2 rings (SSSR count). The van der Waals surface area contributed by atoms with Crippen LogP contribution in [-0.2, 0) is 26.2 Å². The van der Waals surface area contributed by atoms with Crippen LogP contribution in [0.4, 0.5) is 0 Å². The summed E-state index contributed by atoms with van der Waals surface area (Å²) in [6.45, 7) is 1.24. The van der Waals surface area contributed by atoms with Crippen LogP contribution in [0.2, 0.25) is 10.0 Å². The van der Waals surface area contributed by atoms with Crippen molar-refractivity contribution in [2.24, 2.45) is 0 Å². The Hall–Kier alpha value is -1.86. The normalized spacial score (nSPS) is 12.9. The second-order valence-electron chi connectivity index (χ2n) is 5.41. The minimum Gasteiger partial charge on any atom is -0.460 e. The quantitative estimate of drug-likeness (QED) is 0.695. The molecule has 2 aromatic rings.